The summed E-state index contributed by atoms with van der Waals surface area (Å²) in [6.45, 7) is 5.41. The van der Waals surface area contributed by atoms with Crippen molar-refractivity contribution < 1.29 is 9.18 Å². The van der Waals surface area contributed by atoms with Gasteiger partial charge in [0.1, 0.15) is 5.82 Å². The van der Waals surface area contributed by atoms with Gasteiger partial charge in [0.15, 0.2) is 0 Å². The average molecular weight is 396 g/mol. The highest BCUT2D eigenvalue weighted by atomic mass is 19.1. The number of likely N-dealkylation sites (tertiary alicyclic amines) is 1. The molecule has 0 unspecified atom stereocenters. The van der Waals surface area contributed by atoms with E-state index < -0.39 is 5.54 Å². The fourth-order valence-electron chi connectivity index (χ4n) is 4.88. The Balaban J connectivity index is 1.46. The van der Waals surface area contributed by atoms with Crippen LogP contribution in [0.2, 0.25) is 0 Å². The van der Waals surface area contributed by atoms with Crippen molar-refractivity contribution in [3.63, 3.8) is 0 Å². The Morgan fingerprint density at radius 1 is 1.10 bits per heavy atom. The summed E-state index contributed by atoms with van der Waals surface area (Å²) in [6.07, 6.45) is 4.02. The van der Waals surface area contributed by atoms with Crippen LogP contribution in [0.15, 0.2) is 42.5 Å². The van der Waals surface area contributed by atoms with Crippen molar-refractivity contribution in [3.05, 3.63) is 65.0 Å². The maximum atomic E-state index is 13.4. The predicted molar refractivity (Wildman–Crippen MR) is 114 cm³/mol. The number of hydrogen-bond donors (Lipinski definition) is 1. The highest BCUT2D eigenvalue weighted by Crippen LogP contribution is 2.34. The molecule has 0 radical (unpaired) electrons. The lowest BCUT2D eigenvalue weighted by atomic mass is 9.80. The summed E-state index contributed by atoms with van der Waals surface area (Å²) in [5, 5.41) is 3.17. The lowest BCUT2D eigenvalue weighted by Gasteiger charge is -2.43. The third kappa shape index (κ3) is 4.30. The van der Waals surface area contributed by atoms with Crippen LogP contribution in [0.1, 0.15) is 42.9 Å². The molecule has 0 atom stereocenters. The van der Waals surface area contributed by atoms with E-state index in [1.165, 1.54) is 35.4 Å². The van der Waals surface area contributed by atoms with Crippen molar-refractivity contribution in [2.75, 3.05) is 31.6 Å². The minimum Gasteiger partial charge on any atom is -0.374 e. The number of amides is 1. The molecule has 154 valence electrons. The fraction of sp³-hybridized carbons (Fsp3) is 0.458. The molecule has 29 heavy (non-hydrogen) atoms. The van der Waals surface area contributed by atoms with Gasteiger partial charge < -0.3 is 10.2 Å². The van der Waals surface area contributed by atoms with E-state index in [1.54, 1.807) is 19.1 Å². The second kappa shape index (κ2) is 8.15. The van der Waals surface area contributed by atoms with Crippen molar-refractivity contribution in [3.8, 4) is 0 Å². The first kappa shape index (κ1) is 19.9. The van der Waals surface area contributed by atoms with Gasteiger partial charge in [-0.05, 0) is 60.6 Å². The van der Waals surface area contributed by atoms with Gasteiger partial charge in [0.25, 0.3) is 0 Å². The number of benzene rings is 2. The maximum Gasteiger partial charge on any atom is 0.217 e. The number of rotatable bonds is 4. The first-order valence-corrected chi connectivity index (χ1v) is 10.6. The Morgan fingerprint density at radius 3 is 2.52 bits per heavy atom. The van der Waals surface area contributed by atoms with Gasteiger partial charge in [-0.3, -0.25) is 9.69 Å². The molecule has 0 bridgehead atoms. The molecule has 2 aromatic rings. The zero-order valence-electron chi connectivity index (χ0n) is 17.4. The van der Waals surface area contributed by atoms with E-state index in [0.717, 1.165) is 51.0 Å². The number of carbonyl (C=O) groups is 1. The van der Waals surface area contributed by atoms with Gasteiger partial charge in [-0.15, -0.1) is 0 Å². The number of anilines is 1. The van der Waals surface area contributed by atoms with Crippen LogP contribution in [0.5, 0.6) is 0 Å². The molecule has 1 amide bonds. The van der Waals surface area contributed by atoms with Gasteiger partial charge in [-0.25, -0.2) is 4.39 Å². The molecule has 0 aromatic heterocycles. The molecular weight excluding hydrogens is 365 g/mol. The summed E-state index contributed by atoms with van der Waals surface area (Å²) in [7, 11) is 2.17. The van der Waals surface area contributed by atoms with Crippen LogP contribution in [-0.4, -0.2) is 37.5 Å². The van der Waals surface area contributed by atoms with E-state index in [2.05, 4.69) is 40.4 Å². The van der Waals surface area contributed by atoms with Crippen LogP contribution in [-0.2, 0) is 23.3 Å². The van der Waals surface area contributed by atoms with E-state index in [9.17, 15) is 9.18 Å². The van der Waals surface area contributed by atoms with Gasteiger partial charge in [-0.2, -0.15) is 0 Å². The first-order chi connectivity index (χ1) is 13.9. The number of carbonyl (C=O) groups excluding carboxylic acids is 1. The summed E-state index contributed by atoms with van der Waals surface area (Å²) in [4.78, 5) is 16.7. The number of aryl methyl sites for hydroxylation is 1. The van der Waals surface area contributed by atoms with Gasteiger partial charge in [0, 0.05) is 45.8 Å². The molecule has 4 nitrogen and oxygen atoms in total. The molecule has 1 N–H and O–H groups in total. The smallest absolute Gasteiger partial charge is 0.217 e. The van der Waals surface area contributed by atoms with Crippen molar-refractivity contribution in [2.45, 2.75) is 44.7 Å². The van der Waals surface area contributed by atoms with Crippen LogP contribution in [0.4, 0.5) is 10.1 Å². The normalized spacial score (nSPS) is 18.9. The summed E-state index contributed by atoms with van der Waals surface area (Å²) in [5.41, 5.74) is 4.75. The number of halogens is 1. The first-order valence-electron chi connectivity index (χ1n) is 10.6. The third-order valence-electron chi connectivity index (χ3n) is 6.42. The minimum absolute atomic E-state index is 0.0402. The monoisotopic (exact) mass is 395 g/mol. The molecule has 2 aromatic carbocycles. The molecule has 0 saturated carbocycles. The third-order valence-corrected chi connectivity index (χ3v) is 6.42. The summed E-state index contributed by atoms with van der Waals surface area (Å²) < 4.78 is 13.4. The topological polar surface area (TPSA) is 35.6 Å². The largest absolute Gasteiger partial charge is 0.374 e. The zero-order chi connectivity index (χ0) is 20.4. The second-order valence-corrected chi connectivity index (χ2v) is 8.53. The molecule has 1 fully saturated rings. The molecular formula is C24H30FN3O. The summed E-state index contributed by atoms with van der Waals surface area (Å²) in [5.74, 6) is -0.288. The van der Waals surface area contributed by atoms with E-state index >= 15 is 0 Å². The molecule has 4 rings (SSSR count). The number of hydrogen-bond acceptors (Lipinski definition) is 3. The average Bonchev–Trinajstić information content (AvgIpc) is 2.70. The highest BCUT2D eigenvalue weighted by molar-refractivity contribution is 5.74. The number of piperidine rings is 1. The van der Waals surface area contributed by atoms with E-state index in [1.807, 2.05) is 0 Å². The van der Waals surface area contributed by atoms with Crippen LogP contribution in [0.25, 0.3) is 0 Å². The SMILES string of the molecule is CC(=O)NC1(c2ccc(F)cc2)CCN(Cc2ccc3c(c2)CCCN3C)CC1. The molecule has 2 aliphatic heterocycles. The van der Waals surface area contributed by atoms with Crippen molar-refractivity contribution in [1.82, 2.24) is 10.2 Å². The second-order valence-electron chi connectivity index (χ2n) is 8.53. The van der Waals surface area contributed by atoms with Crippen molar-refractivity contribution in [2.24, 2.45) is 0 Å². The van der Waals surface area contributed by atoms with E-state index in [0.29, 0.717) is 0 Å². The molecule has 0 aliphatic carbocycles. The minimum atomic E-state index is -0.408. The molecule has 1 saturated heterocycles. The lowest BCUT2D eigenvalue weighted by Crippen LogP contribution is -2.52. The van der Waals surface area contributed by atoms with Gasteiger partial charge in [-0.1, -0.05) is 24.3 Å². The molecule has 2 heterocycles. The van der Waals surface area contributed by atoms with E-state index in [-0.39, 0.29) is 11.7 Å². The lowest BCUT2D eigenvalue weighted by molar-refractivity contribution is -0.121. The summed E-state index contributed by atoms with van der Waals surface area (Å²) >= 11 is 0. The van der Waals surface area contributed by atoms with Crippen LogP contribution in [0.3, 0.4) is 0 Å². The highest BCUT2D eigenvalue weighted by Gasteiger charge is 2.37. The Kier molecular flexibility index (Phi) is 5.59. The Morgan fingerprint density at radius 2 is 1.83 bits per heavy atom. The maximum absolute atomic E-state index is 13.4. The quantitative estimate of drug-likeness (QED) is 0.855. The van der Waals surface area contributed by atoms with Crippen LogP contribution < -0.4 is 10.2 Å². The standard InChI is InChI=1S/C24H30FN3O/c1-18(29)26-24(21-6-8-22(25)9-7-21)11-14-28(15-12-24)17-19-5-10-23-20(16-19)4-3-13-27(23)2/h5-10,16H,3-4,11-15,17H2,1-2H3,(H,26,29). The molecule has 5 heteroatoms. The van der Waals surface area contributed by atoms with Crippen LogP contribution in [0, 0.1) is 5.82 Å². The predicted octanol–water partition coefficient (Wildman–Crippen LogP) is 3.84. The number of nitrogens with one attached hydrogen (secondary N) is 1. The van der Waals surface area contributed by atoms with Gasteiger partial charge >= 0.3 is 0 Å². The summed E-state index contributed by atoms with van der Waals surface area (Å²) in [6, 6.07) is 13.4. The zero-order valence-corrected chi connectivity index (χ0v) is 17.4. The van der Waals surface area contributed by atoms with Gasteiger partial charge in [0.05, 0.1) is 5.54 Å². The van der Waals surface area contributed by atoms with Gasteiger partial charge in [0.2, 0.25) is 5.91 Å². The fourth-order valence-corrected chi connectivity index (χ4v) is 4.88. The molecule has 0 spiro atoms. The van der Waals surface area contributed by atoms with Crippen LogP contribution >= 0.6 is 0 Å². The van der Waals surface area contributed by atoms with E-state index in [4.69, 9.17) is 0 Å². The van der Waals surface area contributed by atoms with Crippen molar-refractivity contribution in [1.29, 1.82) is 0 Å². The number of fused-ring (bicyclic) bond motifs is 1. The Labute approximate surface area is 172 Å². The van der Waals surface area contributed by atoms with Crippen molar-refractivity contribution >= 4 is 11.6 Å². The Bertz CT molecular complexity index is 872. The molecule has 2 aliphatic rings. The number of nitrogens with zero attached hydrogens (tertiary/aromatic N) is 2. The Hall–Kier alpha value is -2.40.